The van der Waals surface area contributed by atoms with Crippen LogP contribution >= 0.6 is 0 Å². The van der Waals surface area contributed by atoms with Crippen LogP contribution in [0.5, 0.6) is 11.5 Å². The SMILES string of the molecule is C[C@@H]1[C@@H](C(=O)N2CCCCC2)CC=CCN1S(=O)(=O)c1ccc2c(c1)OCCO2. The molecule has 0 aliphatic carbocycles. The van der Waals surface area contributed by atoms with Crippen molar-refractivity contribution in [2.24, 2.45) is 5.92 Å². The van der Waals surface area contributed by atoms with Crippen LogP contribution in [0, 0.1) is 5.92 Å². The molecule has 3 aliphatic heterocycles. The Kier molecular flexibility index (Phi) is 5.83. The summed E-state index contributed by atoms with van der Waals surface area (Å²) in [4.78, 5) is 15.2. The lowest BCUT2D eigenvalue weighted by molar-refractivity contribution is -0.137. The van der Waals surface area contributed by atoms with Crippen molar-refractivity contribution in [3.05, 3.63) is 30.4 Å². The highest BCUT2D eigenvalue weighted by Crippen LogP contribution is 2.35. The molecule has 1 aromatic carbocycles. The fourth-order valence-electron chi connectivity index (χ4n) is 4.28. The van der Waals surface area contributed by atoms with Gasteiger partial charge in [0.15, 0.2) is 11.5 Å². The van der Waals surface area contributed by atoms with Crippen molar-refractivity contribution in [2.45, 2.75) is 43.5 Å². The lowest BCUT2D eigenvalue weighted by Crippen LogP contribution is -2.49. The van der Waals surface area contributed by atoms with Crippen LogP contribution in [0.25, 0.3) is 0 Å². The van der Waals surface area contributed by atoms with Gasteiger partial charge in [-0.05, 0) is 44.7 Å². The van der Waals surface area contributed by atoms with Gasteiger partial charge in [0.1, 0.15) is 13.2 Å². The summed E-state index contributed by atoms with van der Waals surface area (Å²) in [6.07, 6.45) is 7.51. The molecular formula is C21H28N2O5S. The molecule has 3 heterocycles. The Morgan fingerprint density at radius 1 is 1.03 bits per heavy atom. The van der Waals surface area contributed by atoms with Gasteiger partial charge in [-0.25, -0.2) is 8.42 Å². The Morgan fingerprint density at radius 3 is 2.52 bits per heavy atom. The number of likely N-dealkylation sites (tertiary alicyclic amines) is 1. The summed E-state index contributed by atoms with van der Waals surface area (Å²) >= 11 is 0. The summed E-state index contributed by atoms with van der Waals surface area (Å²) in [5.74, 6) is 0.679. The summed E-state index contributed by atoms with van der Waals surface area (Å²) in [5, 5.41) is 0. The first-order chi connectivity index (χ1) is 14.0. The molecule has 0 unspecified atom stereocenters. The minimum absolute atomic E-state index is 0.0612. The molecule has 0 bridgehead atoms. The van der Waals surface area contributed by atoms with E-state index in [1.807, 2.05) is 24.0 Å². The van der Waals surface area contributed by atoms with E-state index in [1.165, 1.54) is 10.4 Å². The van der Waals surface area contributed by atoms with Crippen molar-refractivity contribution in [1.29, 1.82) is 0 Å². The third kappa shape index (κ3) is 4.00. The molecule has 29 heavy (non-hydrogen) atoms. The lowest BCUT2D eigenvalue weighted by atomic mass is 9.95. The molecule has 0 N–H and O–H groups in total. The van der Waals surface area contributed by atoms with Gasteiger partial charge < -0.3 is 14.4 Å². The average Bonchev–Trinajstić information content (AvgIpc) is 2.95. The van der Waals surface area contributed by atoms with Crippen LogP contribution in [0.15, 0.2) is 35.2 Å². The van der Waals surface area contributed by atoms with E-state index in [4.69, 9.17) is 9.47 Å². The highest BCUT2D eigenvalue weighted by Gasteiger charge is 2.39. The zero-order chi connectivity index (χ0) is 20.4. The second-order valence-electron chi connectivity index (χ2n) is 7.82. The fraction of sp³-hybridized carbons (Fsp3) is 0.571. The number of hydrogen-bond acceptors (Lipinski definition) is 5. The van der Waals surface area contributed by atoms with Gasteiger partial charge >= 0.3 is 0 Å². The van der Waals surface area contributed by atoms with Crippen molar-refractivity contribution >= 4 is 15.9 Å². The predicted molar refractivity (Wildman–Crippen MR) is 108 cm³/mol. The standard InChI is InChI=1S/C21H28N2O5S/c1-16-18(21(24)22-10-4-2-5-11-22)7-3-6-12-23(16)29(25,26)17-8-9-19-20(15-17)28-14-13-27-19/h3,6,8-9,15-16,18H,2,4-5,7,10-14H2,1H3/t16-,18+/m1/s1. The van der Waals surface area contributed by atoms with E-state index in [-0.39, 0.29) is 23.3 Å². The quantitative estimate of drug-likeness (QED) is 0.702. The average molecular weight is 421 g/mol. The molecule has 0 radical (unpaired) electrons. The van der Waals surface area contributed by atoms with E-state index in [0.717, 1.165) is 32.4 Å². The highest BCUT2D eigenvalue weighted by atomic mass is 32.2. The van der Waals surface area contributed by atoms with Crippen molar-refractivity contribution < 1.29 is 22.7 Å². The van der Waals surface area contributed by atoms with E-state index in [2.05, 4.69) is 0 Å². The minimum atomic E-state index is -3.79. The molecule has 3 aliphatic rings. The number of piperidine rings is 1. The lowest BCUT2D eigenvalue weighted by Gasteiger charge is -2.35. The first-order valence-electron chi connectivity index (χ1n) is 10.3. The summed E-state index contributed by atoms with van der Waals surface area (Å²) in [6.45, 7) is 4.47. The Morgan fingerprint density at radius 2 is 1.76 bits per heavy atom. The Hall–Kier alpha value is -2.06. The van der Waals surface area contributed by atoms with Crippen LogP contribution in [0.4, 0.5) is 0 Å². The van der Waals surface area contributed by atoms with E-state index >= 15 is 0 Å². The maximum atomic E-state index is 13.5. The molecule has 4 rings (SSSR count). The van der Waals surface area contributed by atoms with Crippen LogP contribution in [0.1, 0.15) is 32.6 Å². The molecule has 8 heteroatoms. The highest BCUT2D eigenvalue weighted by molar-refractivity contribution is 7.89. The van der Waals surface area contributed by atoms with Crippen molar-refractivity contribution in [2.75, 3.05) is 32.8 Å². The summed E-state index contributed by atoms with van der Waals surface area (Å²) < 4.78 is 39.4. The van der Waals surface area contributed by atoms with Crippen LogP contribution in [-0.4, -0.2) is 62.4 Å². The number of benzene rings is 1. The van der Waals surface area contributed by atoms with Crippen molar-refractivity contribution in [1.82, 2.24) is 9.21 Å². The van der Waals surface area contributed by atoms with Gasteiger partial charge in [-0.3, -0.25) is 4.79 Å². The van der Waals surface area contributed by atoms with E-state index in [0.29, 0.717) is 31.1 Å². The Bertz CT molecular complexity index is 892. The third-order valence-corrected chi connectivity index (χ3v) is 7.93. The smallest absolute Gasteiger partial charge is 0.243 e. The largest absolute Gasteiger partial charge is 0.486 e. The van der Waals surface area contributed by atoms with Gasteiger partial charge in [-0.1, -0.05) is 12.2 Å². The van der Waals surface area contributed by atoms with Crippen molar-refractivity contribution in [3.63, 3.8) is 0 Å². The monoisotopic (exact) mass is 420 g/mol. The van der Waals surface area contributed by atoms with Gasteiger partial charge in [-0.15, -0.1) is 0 Å². The van der Waals surface area contributed by atoms with Gasteiger partial charge in [-0.2, -0.15) is 4.31 Å². The van der Waals surface area contributed by atoms with Gasteiger partial charge in [0.2, 0.25) is 15.9 Å². The van der Waals surface area contributed by atoms with Gasteiger partial charge in [0, 0.05) is 31.7 Å². The minimum Gasteiger partial charge on any atom is -0.486 e. The summed E-state index contributed by atoms with van der Waals surface area (Å²) in [5.41, 5.74) is 0. The number of sulfonamides is 1. The molecule has 7 nitrogen and oxygen atoms in total. The second kappa shape index (κ2) is 8.36. The molecule has 0 spiro atoms. The number of amides is 1. The number of carbonyl (C=O) groups excluding carboxylic acids is 1. The first kappa shape index (κ1) is 20.2. The number of ether oxygens (including phenoxy) is 2. The van der Waals surface area contributed by atoms with Gasteiger partial charge in [0.25, 0.3) is 0 Å². The predicted octanol–water partition coefficient (Wildman–Crippen LogP) is 2.43. The topological polar surface area (TPSA) is 76.2 Å². The molecule has 1 aromatic rings. The molecule has 0 aromatic heterocycles. The maximum absolute atomic E-state index is 13.5. The van der Waals surface area contributed by atoms with E-state index < -0.39 is 16.1 Å². The normalized spacial score (nSPS) is 25.5. The summed E-state index contributed by atoms with van der Waals surface area (Å²) in [6, 6.07) is 4.27. The number of fused-ring (bicyclic) bond motifs is 1. The zero-order valence-corrected chi connectivity index (χ0v) is 17.6. The number of carbonyl (C=O) groups is 1. The molecule has 0 saturated carbocycles. The summed E-state index contributed by atoms with van der Waals surface area (Å²) in [7, 11) is -3.79. The molecule has 1 saturated heterocycles. The van der Waals surface area contributed by atoms with Crippen LogP contribution in [-0.2, 0) is 14.8 Å². The Labute approximate surface area is 172 Å². The zero-order valence-electron chi connectivity index (χ0n) is 16.7. The molecular weight excluding hydrogens is 392 g/mol. The fourth-order valence-corrected chi connectivity index (χ4v) is 5.91. The van der Waals surface area contributed by atoms with Crippen LogP contribution < -0.4 is 9.47 Å². The van der Waals surface area contributed by atoms with Gasteiger partial charge in [0.05, 0.1) is 10.8 Å². The molecule has 1 fully saturated rings. The number of rotatable bonds is 3. The first-order valence-corrected chi connectivity index (χ1v) is 11.8. The van der Waals surface area contributed by atoms with Crippen LogP contribution in [0.2, 0.25) is 0 Å². The van der Waals surface area contributed by atoms with E-state index in [1.54, 1.807) is 12.1 Å². The Balaban J connectivity index is 1.60. The molecule has 2 atom stereocenters. The maximum Gasteiger partial charge on any atom is 0.243 e. The van der Waals surface area contributed by atoms with Crippen LogP contribution in [0.3, 0.4) is 0 Å². The van der Waals surface area contributed by atoms with Crippen molar-refractivity contribution in [3.8, 4) is 11.5 Å². The number of nitrogens with zero attached hydrogens (tertiary/aromatic N) is 2. The number of hydrogen-bond donors (Lipinski definition) is 0. The third-order valence-electron chi connectivity index (χ3n) is 5.98. The second-order valence-corrected chi connectivity index (χ2v) is 9.71. The molecule has 1 amide bonds. The van der Waals surface area contributed by atoms with E-state index in [9.17, 15) is 13.2 Å². The number of allylic oxidation sites excluding steroid dienone is 1. The molecule has 158 valence electrons.